The van der Waals surface area contributed by atoms with E-state index in [4.69, 9.17) is 4.99 Å². The minimum atomic E-state index is -0.515. The van der Waals surface area contributed by atoms with E-state index in [1.54, 1.807) is 17.6 Å². The van der Waals surface area contributed by atoms with Crippen LogP contribution in [0.5, 0.6) is 0 Å². The first-order chi connectivity index (χ1) is 16.1. The monoisotopic (exact) mass is 462 g/mol. The van der Waals surface area contributed by atoms with Crippen molar-refractivity contribution < 1.29 is 9.59 Å². The summed E-state index contributed by atoms with van der Waals surface area (Å²) in [5.41, 5.74) is 3.36. The summed E-state index contributed by atoms with van der Waals surface area (Å²) in [6.45, 7) is 1.85. The first-order valence-electron chi connectivity index (χ1n) is 12.1. The van der Waals surface area contributed by atoms with Crippen molar-refractivity contribution in [1.29, 1.82) is 0 Å². The number of anilines is 1. The van der Waals surface area contributed by atoms with Gasteiger partial charge in [-0.1, -0.05) is 37.5 Å². The van der Waals surface area contributed by atoms with Gasteiger partial charge in [0.2, 0.25) is 0 Å². The zero-order chi connectivity index (χ0) is 22.8. The molecule has 1 aliphatic heterocycles. The van der Waals surface area contributed by atoms with Gasteiger partial charge in [0.1, 0.15) is 10.9 Å². The lowest BCUT2D eigenvalue weighted by atomic mass is 9.93. The number of aryl methyl sites for hydroxylation is 1. The Labute approximate surface area is 198 Å². The Morgan fingerprint density at radius 1 is 1.12 bits per heavy atom. The maximum absolute atomic E-state index is 13.4. The Morgan fingerprint density at radius 2 is 1.88 bits per heavy atom. The normalized spacial score (nSPS) is 21.4. The molecule has 5 rings (SSSR count). The number of nitrogens with zero attached hydrogens (tertiary/aromatic N) is 3. The van der Waals surface area contributed by atoms with E-state index in [-0.39, 0.29) is 17.9 Å². The Balaban J connectivity index is 1.40. The molecule has 2 aromatic rings. The van der Waals surface area contributed by atoms with Gasteiger partial charge in [0, 0.05) is 17.1 Å². The van der Waals surface area contributed by atoms with E-state index in [9.17, 15) is 9.59 Å². The molecule has 6 nitrogen and oxygen atoms in total. The van der Waals surface area contributed by atoms with Gasteiger partial charge in [-0.15, -0.1) is 11.3 Å². The van der Waals surface area contributed by atoms with Gasteiger partial charge in [0.05, 0.1) is 17.0 Å². The summed E-state index contributed by atoms with van der Waals surface area (Å²) in [6, 6.07) is 9.69. The van der Waals surface area contributed by atoms with Crippen LogP contribution in [0.2, 0.25) is 0 Å². The summed E-state index contributed by atoms with van der Waals surface area (Å²) in [4.78, 5) is 32.4. The third-order valence-corrected chi connectivity index (χ3v) is 8.04. The maximum atomic E-state index is 13.4. The van der Waals surface area contributed by atoms with Crippen molar-refractivity contribution in [2.45, 2.75) is 70.8 Å². The molecule has 172 valence electrons. The van der Waals surface area contributed by atoms with Gasteiger partial charge >= 0.3 is 0 Å². The predicted octanol–water partition coefficient (Wildman–Crippen LogP) is 5.43. The summed E-state index contributed by atoms with van der Waals surface area (Å²) >= 11 is 1.61. The molecule has 0 bridgehead atoms. The SMILES string of the molecule is CC1=NN(c2ccccc2)C(=O)[C@H]1C=Nc1sc2c(c1C(=O)NC1CCCCC1)CCCC2. The number of para-hydroxylation sites is 1. The second-order valence-corrected chi connectivity index (χ2v) is 10.3. The lowest BCUT2D eigenvalue weighted by Crippen LogP contribution is -2.36. The highest BCUT2D eigenvalue weighted by atomic mass is 32.1. The van der Waals surface area contributed by atoms with Crippen molar-refractivity contribution in [2.24, 2.45) is 16.0 Å². The smallest absolute Gasteiger partial charge is 0.261 e. The Kier molecular flexibility index (Phi) is 6.40. The number of carbonyl (C=O) groups excluding carboxylic acids is 2. The minimum Gasteiger partial charge on any atom is -0.349 e. The summed E-state index contributed by atoms with van der Waals surface area (Å²) in [5.74, 6) is -0.627. The van der Waals surface area contributed by atoms with Gasteiger partial charge in [0.25, 0.3) is 11.8 Å². The second kappa shape index (κ2) is 9.59. The van der Waals surface area contributed by atoms with Crippen molar-refractivity contribution in [3.8, 4) is 0 Å². The molecule has 0 radical (unpaired) electrons. The standard InChI is InChI=1S/C26H30N4O2S/c1-17-21(26(32)30(29-17)19-12-6-3-7-13-19)16-27-25-23(20-14-8-9-15-22(20)33-25)24(31)28-18-10-4-2-5-11-18/h3,6-7,12-13,16,18,21H,2,4-5,8-11,14-15H2,1H3,(H,28,31)/t21-/m0/s1. The summed E-state index contributed by atoms with van der Waals surface area (Å²) < 4.78 is 0. The van der Waals surface area contributed by atoms with Crippen LogP contribution in [0.4, 0.5) is 10.7 Å². The Morgan fingerprint density at radius 3 is 2.67 bits per heavy atom. The molecule has 0 unspecified atom stereocenters. The lowest BCUT2D eigenvalue weighted by molar-refractivity contribution is -0.118. The third-order valence-electron chi connectivity index (χ3n) is 6.84. The van der Waals surface area contributed by atoms with Crippen LogP contribution in [0.15, 0.2) is 40.4 Å². The predicted molar refractivity (Wildman–Crippen MR) is 134 cm³/mol. The van der Waals surface area contributed by atoms with E-state index in [0.29, 0.717) is 5.71 Å². The van der Waals surface area contributed by atoms with Crippen LogP contribution in [0.3, 0.4) is 0 Å². The van der Waals surface area contributed by atoms with Crippen molar-refractivity contribution in [3.63, 3.8) is 0 Å². The van der Waals surface area contributed by atoms with Gasteiger partial charge in [-0.05, 0) is 63.1 Å². The van der Waals surface area contributed by atoms with Gasteiger partial charge in [0.15, 0.2) is 0 Å². The van der Waals surface area contributed by atoms with Gasteiger partial charge in [-0.3, -0.25) is 9.59 Å². The molecule has 0 spiro atoms. The molecule has 7 heteroatoms. The average molecular weight is 463 g/mol. The van der Waals surface area contributed by atoms with Crippen molar-refractivity contribution >= 4 is 45.8 Å². The number of carbonyl (C=O) groups is 2. The number of hydrazone groups is 1. The first-order valence-corrected chi connectivity index (χ1v) is 12.9. The lowest BCUT2D eigenvalue weighted by Gasteiger charge is -2.23. The molecule has 0 saturated heterocycles. The van der Waals surface area contributed by atoms with Gasteiger partial charge in [-0.25, -0.2) is 4.99 Å². The fraction of sp³-hybridized carbons (Fsp3) is 0.462. The van der Waals surface area contributed by atoms with Crippen LogP contribution in [-0.2, 0) is 17.6 Å². The Hall–Kier alpha value is -2.80. The fourth-order valence-corrected chi connectivity index (χ4v) is 6.27. The molecule has 2 amide bonds. The number of rotatable bonds is 5. The number of nitrogens with one attached hydrogen (secondary N) is 1. The fourth-order valence-electron chi connectivity index (χ4n) is 5.03. The summed E-state index contributed by atoms with van der Waals surface area (Å²) in [6.07, 6.45) is 11.6. The van der Waals surface area contributed by atoms with Crippen LogP contribution >= 0.6 is 11.3 Å². The molecule has 1 saturated carbocycles. The zero-order valence-electron chi connectivity index (χ0n) is 19.0. The summed E-state index contributed by atoms with van der Waals surface area (Å²) in [7, 11) is 0. The maximum Gasteiger partial charge on any atom is 0.261 e. The molecule has 2 aliphatic carbocycles. The number of amides is 2. The van der Waals surface area contributed by atoms with E-state index in [1.807, 2.05) is 37.3 Å². The number of hydrogen-bond donors (Lipinski definition) is 1. The second-order valence-electron chi connectivity index (χ2n) is 9.18. The van der Waals surface area contributed by atoms with E-state index in [1.165, 1.54) is 34.7 Å². The van der Waals surface area contributed by atoms with Gasteiger partial charge in [-0.2, -0.15) is 10.1 Å². The molecule has 1 aromatic carbocycles. The number of benzene rings is 1. The number of thiophene rings is 1. The molecule has 1 atom stereocenters. The minimum absolute atomic E-state index is 0.00231. The molecular formula is C26H30N4O2S. The van der Waals surface area contributed by atoms with E-state index >= 15 is 0 Å². The largest absolute Gasteiger partial charge is 0.349 e. The van der Waals surface area contributed by atoms with Crippen LogP contribution in [-0.4, -0.2) is 29.8 Å². The van der Waals surface area contributed by atoms with E-state index < -0.39 is 5.92 Å². The topological polar surface area (TPSA) is 74.1 Å². The third kappa shape index (κ3) is 4.51. The molecule has 1 aromatic heterocycles. The number of fused-ring (bicyclic) bond motifs is 1. The molecule has 33 heavy (non-hydrogen) atoms. The molecular weight excluding hydrogens is 432 g/mol. The number of aliphatic imine (C=N–C) groups is 1. The first kappa shape index (κ1) is 22.0. The summed E-state index contributed by atoms with van der Waals surface area (Å²) in [5, 5.41) is 9.92. The molecule has 2 heterocycles. The quantitative estimate of drug-likeness (QED) is 0.602. The highest BCUT2D eigenvalue weighted by molar-refractivity contribution is 7.16. The zero-order valence-corrected chi connectivity index (χ0v) is 19.9. The molecule has 3 aliphatic rings. The van der Waals surface area contributed by atoms with Crippen molar-refractivity contribution in [2.75, 3.05) is 5.01 Å². The van der Waals surface area contributed by atoms with Crippen LogP contribution in [0.1, 0.15) is 72.7 Å². The molecule has 1 fully saturated rings. The van der Waals surface area contributed by atoms with Crippen molar-refractivity contribution in [3.05, 3.63) is 46.3 Å². The van der Waals surface area contributed by atoms with Crippen LogP contribution in [0, 0.1) is 5.92 Å². The van der Waals surface area contributed by atoms with Crippen LogP contribution in [0.25, 0.3) is 0 Å². The molecule has 1 N–H and O–H groups in total. The van der Waals surface area contributed by atoms with Crippen molar-refractivity contribution in [1.82, 2.24) is 5.32 Å². The average Bonchev–Trinajstić information content (AvgIpc) is 3.35. The highest BCUT2D eigenvalue weighted by Crippen LogP contribution is 2.40. The highest BCUT2D eigenvalue weighted by Gasteiger charge is 2.34. The number of hydrogen-bond acceptors (Lipinski definition) is 5. The van der Waals surface area contributed by atoms with Crippen LogP contribution < -0.4 is 10.3 Å². The van der Waals surface area contributed by atoms with E-state index in [0.717, 1.165) is 54.8 Å². The Bertz CT molecular complexity index is 1100. The van der Waals surface area contributed by atoms with Gasteiger partial charge < -0.3 is 5.32 Å². The van der Waals surface area contributed by atoms with E-state index in [2.05, 4.69) is 10.4 Å².